The second kappa shape index (κ2) is 6.74. The van der Waals surface area contributed by atoms with Crippen LogP contribution in [-0.2, 0) is 6.54 Å². The Morgan fingerprint density at radius 3 is 2.76 bits per heavy atom. The van der Waals surface area contributed by atoms with E-state index < -0.39 is 5.60 Å². The first kappa shape index (κ1) is 15.0. The maximum atomic E-state index is 10.00. The van der Waals surface area contributed by atoms with Gasteiger partial charge < -0.3 is 10.4 Å². The van der Waals surface area contributed by atoms with Crippen molar-refractivity contribution in [3.8, 4) is 0 Å². The van der Waals surface area contributed by atoms with Crippen LogP contribution in [0.5, 0.6) is 0 Å². The predicted octanol–water partition coefficient (Wildman–Crippen LogP) is 3.74. The molecule has 1 rings (SSSR count). The third kappa shape index (κ3) is 5.38. The van der Waals surface area contributed by atoms with Gasteiger partial charge in [0.25, 0.3) is 0 Å². The minimum absolute atomic E-state index is 0.598. The lowest BCUT2D eigenvalue weighted by Gasteiger charge is -2.23. The highest BCUT2D eigenvalue weighted by atomic mass is 79.9. The van der Waals surface area contributed by atoms with Crippen LogP contribution in [0.15, 0.2) is 22.7 Å². The molecule has 0 aliphatic carbocycles. The molecule has 0 fully saturated rings. The molecule has 1 atom stereocenters. The zero-order chi connectivity index (χ0) is 12.9. The fraction of sp³-hybridized carbons (Fsp3) is 0.538. The first-order chi connectivity index (χ1) is 7.94. The van der Waals surface area contributed by atoms with Gasteiger partial charge in [0, 0.05) is 17.6 Å². The molecule has 0 saturated heterocycles. The summed E-state index contributed by atoms with van der Waals surface area (Å²) in [5, 5.41) is 14.0. The zero-order valence-corrected chi connectivity index (χ0v) is 12.6. The Morgan fingerprint density at radius 2 is 2.18 bits per heavy atom. The highest BCUT2D eigenvalue weighted by Crippen LogP contribution is 2.23. The molecule has 0 aliphatic rings. The second-order valence-corrected chi connectivity index (χ2v) is 5.86. The fourth-order valence-electron chi connectivity index (χ4n) is 1.75. The van der Waals surface area contributed by atoms with E-state index in [4.69, 9.17) is 11.6 Å². The monoisotopic (exact) mass is 319 g/mol. The molecule has 4 heteroatoms. The summed E-state index contributed by atoms with van der Waals surface area (Å²) in [5.74, 6) is 0. The summed E-state index contributed by atoms with van der Waals surface area (Å²) in [6.07, 6.45) is 1.80. The Kier molecular flexibility index (Phi) is 5.93. The lowest BCUT2D eigenvalue weighted by atomic mass is 10.0. The van der Waals surface area contributed by atoms with Gasteiger partial charge in [-0.2, -0.15) is 0 Å². The van der Waals surface area contributed by atoms with Crippen molar-refractivity contribution in [3.05, 3.63) is 33.3 Å². The summed E-state index contributed by atoms with van der Waals surface area (Å²) >= 11 is 9.31. The number of halogens is 2. The van der Waals surface area contributed by atoms with Crippen LogP contribution in [-0.4, -0.2) is 17.3 Å². The highest BCUT2D eigenvalue weighted by Gasteiger charge is 2.17. The van der Waals surface area contributed by atoms with Crippen molar-refractivity contribution in [2.45, 2.75) is 38.8 Å². The predicted molar refractivity (Wildman–Crippen MR) is 76.4 cm³/mol. The minimum atomic E-state index is -0.627. The molecule has 2 nitrogen and oxygen atoms in total. The summed E-state index contributed by atoms with van der Waals surface area (Å²) in [7, 11) is 0. The van der Waals surface area contributed by atoms with E-state index in [9.17, 15) is 5.11 Å². The summed E-state index contributed by atoms with van der Waals surface area (Å²) < 4.78 is 0.902. The molecule has 0 radical (unpaired) electrons. The number of nitrogens with one attached hydrogen (secondary N) is 1. The van der Waals surface area contributed by atoms with Crippen molar-refractivity contribution < 1.29 is 5.11 Å². The molecule has 0 bridgehead atoms. The molecular weight excluding hydrogens is 302 g/mol. The molecule has 96 valence electrons. The Hall–Kier alpha value is -0.0900. The van der Waals surface area contributed by atoms with Crippen LogP contribution in [0.25, 0.3) is 0 Å². The maximum Gasteiger partial charge on any atom is 0.0743 e. The van der Waals surface area contributed by atoms with E-state index >= 15 is 0 Å². The lowest BCUT2D eigenvalue weighted by Crippen LogP contribution is -2.37. The lowest BCUT2D eigenvalue weighted by molar-refractivity contribution is 0.0498. The SMILES string of the molecule is CCCC(C)(O)CNCc1ccc(Cl)c(Br)c1. The topological polar surface area (TPSA) is 32.3 Å². The van der Waals surface area contributed by atoms with Crippen molar-refractivity contribution in [1.82, 2.24) is 5.32 Å². The van der Waals surface area contributed by atoms with E-state index in [1.807, 2.05) is 25.1 Å². The molecule has 0 saturated carbocycles. The molecule has 0 aromatic heterocycles. The molecule has 2 N–H and O–H groups in total. The summed E-state index contributed by atoms with van der Waals surface area (Å²) in [4.78, 5) is 0. The highest BCUT2D eigenvalue weighted by molar-refractivity contribution is 9.10. The Labute approximate surface area is 117 Å². The number of benzene rings is 1. The fourth-order valence-corrected chi connectivity index (χ4v) is 2.30. The molecule has 0 aliphatic heterocycles. The van der Waals surface area contributed by atoms with Crippen molar-refractivity contribution in [2.75, 3.05) is 6.54 Å². The van der Waals surface area contributed by atoms with Gasteiger partial charge in [-0.25, -0.2) is 0 Å². The standard InChI is InChI=1S/C13H19BrClNO/c1-3-6-13(2,17)9-16-8-10-4-5-12(15)11(14)7-10/h4-5,7,16-17H,3,6,8-9H2,1-2H3. The minimum Gasteiger partial charge on any atom is -0.389 e. The van der Waals surface area contributed by atoms with Gasteiger partial charge >= 0.3 is 0 Å². The molecular formula is C13H19BrClNO. The third-order valence-corrected chi connectivity index (χ3v) is 3.82. The van der Waals surface area contributed by atoms with Gasteiger partial charge in [0.05, 0.1) is 10.6 Å². The van der Waals surface area contributed by atoms with Crippen molar-refractivity contribution in [3.63, 3.8) is 0 Å². The zero-order valence-electron chi connectivity index (χ0n) is 10.3. The first-order valence-electron chi connectivity index (χ1n) is 5.81. The van der Waals surface area contributed by atoms with E-state index in [-0.39, 0.29) is 0 Å². The molecule has 0 heterocycles. The molecule has 0 amide bonds. The van der Waals surface area contributed by atoms with E-state index in [0.717, 1.165) is 29.4 Å². The van der Waals surface area contributed by atoms with Gasteiger partial charge in [-0.1, -0.05) is 31.0 Å². The van der Waals surface area contributed by atoms with Crippen LogP contribution in [0.4, 0.5) is 0 Å². The number of aliphatic hydroxyl groups is 1. The molecule has 1 aromatic rings. The number of hydrogen-bond donors (Lipinski definition) is 2. The van der Waals surface area contributed by atoms with Crippen molar-refractivity contribution in [1.29, 1.82) is 0 Å². The number of rotatable bonds is 6. The van der Waals surface area contributed by atoms with Gasteiger partial charge in [-0.05, 0) is 47.0 Å². The van der Waals surface area contributed by atoms with Crippen LogP contribution in [0.3, 0.4) is 0 Å². The Bertz CT molecular complexity index is 368. The van der Waals surface area contributed by atoms with Gasteiger partial charge in [-0.3, -0.25) is 0 Å². The normalized spacial score (nSPS) is 14.6. The summed E-state index contributed by atoms with van der Waals surface area (Å²) in [6, 6.07) is 5.84. The summed E-state index contributed by atoms with van der Waals surface area (Å²) in [6.45, 7) is 5.27. The second-order valence-electron chi connectivity index (χ2n) is 4.60. The maximum absolute atomic E-state index is 10.00. The average Bonchev–Trinajstić information content (AvgIpc) is 2.23. The smallest absolute Gasteiger partial charge is 0.0743 e. The van der Waals surface area contributed by atoms with Gasteiger partial charge in [0.2, 0.25) is 0 Å². The third-order valence-electron chi connectivity index (χ3n) is 2.61. The van der Waals surface area contributed by atoms with Crippen molar-refractivity contribution in [2.24, 2.45) is 0 Å². The van der Waals surface area contributed by atoms with Crippen LogP contribution >= 0.6 is 27.5 Å². The summed E-state index contributed by atoms with van der Waals surface area (Å²) in [5.41, 5.74) is 0.520. The largest absolute Gasteiger partial charge is 0.389 e. The van der Waals surface area contributed by atoms with E-state index in [0.29, 0.717) is 11.6 Å². The Morgan fingerprint density at radius 1 is 1.47 bits per heavy atom. The molecule has 0 spiro atoms. The first-order valence-corrected chi connectivity index (χ1v) is 6.99. The average molecular weight is 321 g/mol. The molecule has 1 unspecified atom stereocenters. The van der Waals surface area contributed by atoms with Crippen LogP contribution < -0.4 is 5.32 Å². The van der Waals surface area contributed by atoms with E-state index in [1.54, 1.807) is 0 Å². The van der Waals surface area contributed by atoms with E-state index in [2.05, 4.69) is 28.2 Å². The molecule has 17 heavy (non-hydrogen) atoms. The molecule has 1 aromatic carbocycles. The van der Waals surface area contributed by atoms with E-state index in [1.165, 1.54) is 0 Å². The number of hydrogen-bond acceptors (Lipinski definition) is 2. The van der Waals surface area contributed by atoms with Crippen molar-refractivity contribution >= 4 is 27.5 Å². The van der Waals surface area contributed by atoms with Gasteiger partial charge in [0.1, 0.15) is 0 Å². The van der Waals surface area contributed by atoms with Crippen LogP contribution in [0, 0.1) is 0 Å². The Balaban J connectivity index is 2.43. The van der Waals surface area contributed by atoms with Gasteiger partial charge in [-0.15, -0.1) is 0 Å². The van der Waals surface area contributed by atoms with Crippen LogP contribution in [0.1, 0.15) is 32.3 Å². The quantitative estimate of drug-likeness (QED) is 0.837. The van der Waals surface area contributed by atoms with Crippen LogP contribution in [0.2, 0.25) is 5.02 Å². The van der Waals surface area contributed by atoms with Gasteiger partial charge in [0.15, 0.2) is 0 Å².